The number of ether oxygens (including phenoxy) is 4. The third kappa shape index (κ3) is 6.01. The first-order chi connectivity index (χ1) is 20.2. The molecule has 1 amide bonds. The predicted molar refractivity (Wildman–Crippen MR) is 159 cm³/mol. The number of benzene rings is 2. The number of aryl methyl sites for hydroxylation is 1. The molecule has 42 heavy (non-hydrogen) atoms. The van der Waals surface area contributed by atoms with E-state index in [2.05, 4.69) is 11.6 Å². The summed E-state index contributed by atoms with van der Waals surface area (Å²) in [7, 11) is 1.48. The number of aromatic nitrogens is 1. The van der Waals surface area contributed by atoms with E-state index in [0.29, 0.717) is 47.3 Å². The van der Waals surface area contributed by atoms with Gasteiger partial charge in [-0.25, -0.2) is 9.78 Å². The fourth-order valence-corrected chi connectivity index (χ4v) is 5.45. The molecule has 10 nitrogen and oxygen atoms in total. The molecule has 220 valence electrons. The van der Waals surface area contributed by atoms with Gasteiger partial charge in [0.25, 0.3) is 5.78 Å². The van der Waals surface area contributed by atoms with Gasteiger partial charge in [-0.2, -0.15) is 0 Å². The van der Waals surface area contributed by atoms with E-state index in [4.69, 9.17) is 18.9 Å². The second-order valence-corrected chi connectivity index (χ2v) is 10.2. The number of ketones is 1. The lowest BCUT2D eigenvalue weighted by Gasteiger charge is -2.24. The number of Topliss-reactive ketones (excluding diaryl/α,β-unsaturated/α-hetero) is 1. The van der Waals surface area contributed by atoms with E-state index in [1.165, 1.54) is 18.1 Å². The number of hydrogen-bond acceptors (Lipinski definition) is 10. The molecule has 1 N–H and O–H groups in total. The second-order valence-electron chi connectivity index (χ2n) is 9.19. The van der Waals surface area contributed by atoms with E-state index < -0.39 is 23.7 Å². The molecule has 0 bridgehead atoms. The summed E-state index contributed by atoms with van der Waals surface area (Å²) >= 11 is 0.915. The Morgan fingerprint density at radius 1 is 1.14 bits per heavy atom. The quantitative estimate of drug-likeness (QED) is 0.0938. The minimum Gasteiger partial charge on any atom is -0.507 e. The highest BCUT2D eigenvalue weighted by Crippen LogP contribution is 2.45. The summed E-state index contributed by atoms with van der Waals surface area (Å²) in [6.45, 7) is 9.84. The van der Waals surface area contributed by atoms with Gasteiger partial charge in [0.1, 0.15) is 23.0 Å². The van der Waals surface area contributed by atoms with Crippen molar-refractivity contribution in [1.82, 2.24) is 4.98 Å². The number of aliphatic hydroxyl groups excluding tert-OH is 1. The summed E-state index contributed by atoms with van der Waals surface area (Å²) < 4.78 is 22.1. The van der Waals surface area contributed by atoms with E-state index in [9.17, 15) is 19.5 Å². The number of hydrogen-bond donors (Lipinski definition) is 1. The van der Waals surface area contributed by atoms with Gasteiger partial charge < -0.3 is 24.1 Å². The normalized spacial score (nSPS) is 15.9. The molecule has 2 heterocycles. The maximum Gasteiger partial charge on any atom is 0.350 e. The maximum atomic E-state index is 13.6. The summed E-state index contributed by atoms with van der Waals surface area (Å²) in [5.41, 5.74) is 0.934. The van der Waals surface area contributed by atoms with E-state index in [1.807, 2.05) is 13.8 Å². The molecule has 0 radical (unpaired) electrons. The zero-order chi connectivity index (χ0) is 30.4. The highest BCUT2D eigenvalue weighted by Gasteiger charge is 2.48. The van der Waals surface area contributed by atoms with Crippen molar-refractivity contribution in [3.05, 3.63) is 82.4 Å². The Morgan fingerprint density at radius 2 is 1.93 bits per heavy atom. The first-order valence-electron chi connectivity index (χ1n) is 13.4. The van der Waals surface area contributed by atoms with Crippen molar-refractivity contribution in [3.8, 4) is 17.2 Å². The molecule has 1 fully saturated rings. The number of amides is 1. The molecule has 1 saturated heterocycles. The maximum absolute atomic E-state index is 13.6. The smallest absolute Gasteiger partial charge is 0.350 e. The van der Waals surface area contributed by atoms with Crippen molar-refractivity contribution in [1.29, 1.82) is 0 Å². The van der Waals surface area contributed by atoms with Gasteiger partial charge in [0.2, 0.25) is 0 Å². The Balaban J connectivity index is 1.90. The number of carbonyl (C=O) groups is 3. The minimum absolute atomic E-state index is 0.00301. The van der Waals surface area contributed by atoms with Crippen molar-refractivity contribution in [3.63, 3.8) is 0 Å². The van der Waals surface area contributed by atoms with E-state index in [1.54, 1.807) is 49.4 Å². The summed E-state index contributed by atoms with van der Waals surface area (Å²) in [6.07, 6.45) is 2.23. The summed E-state index contributed by atoms with van der Waals surface area (Å²) in [5, 5.41) is 11.6. The van der Waals surface area contributed by atoms with E-state index in [-0.39, 0.29) is 27.9 Å². The number of aliphatic hydroxyl groups is 1. The number of methoxy groups -OCH3 is 1. The van der Waals surface area contributed by atoms with Gasteiger partial charge in [0.15, 0.2) is 16.6 Å². The molecule has 2 aromatic carbocycles. The van der Waals surface area contributed by atoms with Crippen LogP contribution in [-0.2, 0) is 14.3 Å². The number of anilines is 1. The first kappa shape index (κ1) is 30.3. The molecule has 4 rings (SSSR count). The fourth-order valence-electron chi connectivity index (χ4n) is 4.46. The molecule has 3 aromatic rings. The Labute approximate surface area is 247 Å². The molecule has 1 atom stereocenters. The van der Waals surface area contributed by atoms with Crippen LogP contribution in [0.4, 0.5) is 5.13 Å². The third-order valence-corrected chi connectivity index (χ3v) is 7.47. The van der Waals surface area contributed by atoms with Crippen LogP contribution in [0.1, 0.15) is 52.8 Å². The van der Waals surface area contributed by atoms with Crippen LogP contribution in [0.3, 0.4) is 0 Å². The zero-order valence-electron chi connectivity index (χ0n) is 23.8. The lowest BCUT2D eigenvalue weighted by Crippen LogP contribution is -2.29. The highest BCUT2D eigenvalue weighted by atomic mass is 32.1. The van der Waals surface area contributed by atoms with Crippen LogP contribution in [0, 0.1) is 6.92 Å². The van der Waals surface area contributed by atoms with Crippen LogP contribution in [0.2, 0.25) is 0 Å². The van der Waals surface area contributed by atoms with Gasteiger partial charge in [-0.3, -0.25) is 14.5 Å². The summed E-state index contributed by atoms with van der Waals surface area (Å²) in [6, 6.07) is 10.6. The van der Waals surface area contributed by atoms with Crippen molar-refractivity contribution in [2.24, 2.45) is 0 Å². The van der Waals surface area contributed by atoms with E-state index in [0.717, 1.165) is 17.8 Å². The summed E-state index contributed by atoms with van der Waals surface area (Å²) in [4.78, 5) is 45.7. The van der Waals surface area contributed by atoms with E-state index >= 15 is 0 Å². The number of nitrogens with zero attached hydrogens (tertiary/aromatic N) is 2. The van der Waals surface area contributed by atoms with Gasteiger partial charge in [-0.1, -0.05) is 49.1 Å². The monoisotopic (exact) mass is 592 g/mol. The fraction of sp³-hybridized carbons (Fsp3) is 0.290. The third-order valence-electron chi connectivity index (χ3n) is 6.34. The summed E-state index contributed by atoms with van der Waals surface area (Å²) in [5.74, 6) is -1.47. The van der Waals surface area contributed by atoms with Gasteiger partial charge in [0, 0.05) is 5.56 Å². The van der Waals surface area contributed by atoms with Gasteiger partial charge in [0.05, 0.1) is 37.6 Å². The molecule has 0 spiro atoms. The molecule has 0 aliphatic carbocycles. The Kier molecular flexibility index (Phi) is 9.64. The Hall–Kier alpha value is -4.64. The highest BCUT2D eigenvalue weighted by molar-refractivity contribution is 7.17. The minimum atomic E-state index is -1.10. The van der Waals surface area contributed by atoms with Crippen LogP contribution in [0.15, 0.2) is 60.7 Å². The molecule has 11 heteroatoms. The number of rotatable bonds is 12. The Bertz CT molecular complexity index is 1540. The van der Waals surface area contributed by atoms with Crippen LogP contribution in [0.25, 0.3) is 5.76 Å². The van der Waals surface area contributed by atoms with Crippen LogP contribution in [0.5, 0.6) is 17.2 Å². The first-order valence-corrected chi connectivity index (χ1v) is 14.2. The largest absolute Gasteiger partial charge is 0.507 e. The number of carbonyl (C=O) groups excluding carboxylic acids is 3. The van der Waals surface area contributed by atoms with Crippen molar-refractivity contribution in [2.75, 3.05) is 31.8 Å². The topological polar surface area (TPSA) is 124 Å². The molecular formula is C31H32N2O8S. The van der Waals surface area contributed by atoms with Gasteiger partial charge >= 0.3 is 11.9 Å². The van der Waals surface area contributed by atoms with Gasteiger partial charge in [-0.05, 0) is 50.1 Å². The molecule has 1 unspecified atom stereocenters. The molecule has 0 saturated carbocycles. The predicted octanol–water partition coefficient (Wildman–Crippen LogP) is 5.62. The zero-order valence-corrected chi connectivity index (χ0v) is 24.7. The lowest BCUT2D eigenvalue weighted by atomic mass is 9.95. The molecule has 1 aromatic heterocycles. The molecular weight excluding hydrogens is 560 g/mol. The number of esters is 1. The van der Waals surface area contributed by atoms with Crippen LogP contribution in [-0.4, -0.2) is 54.7 Å². The van der Waals surface area contributed by atoms with Crippen LogP contribution >= 0.6 is 11.3 Å². The lowest BCUT2D eigenvalue weighted by molar-refractivity contribution is -0.132. The average molecular weight is 593 g/mol. The molecule has 1 aliphatic heterocycles. The van der Waals surface area contributed by atoms with Crippen molar-refractivity contribution < 1.29 is 38.4 Å². The van der Waals surface area contributed by atoms with Crippen molar-refractivity contribution in [2.45, 2.75) is 33.2 Å². The second kappa shape index (κ2) is 13.3. The van der Waals surface area contributed by atoms with Crippen molar-refractivity contribution >= 4 is 39.9 Å². The number of thiazole rings is 1. The molecule has 1 aliphatic rings. The van der Waals surface area contributed by atoms with Gasteiger partial charge in [-0.15, -0.1) is 0 Å². The van der Waals surface area contributed by atoms with Crippen LogP contribution < -0.4 is 19.1 Å². The standard InChI is InChI=1S/C31H32N2O8S/c1-6-14-40-21-11-9-10-20(16-21)26(34)24-25(19-12-13-22(39-8-3)23(17-19)38-5)33(29(36)27(24)35)31-32-18(4)28(42-31)30(37)41-15-7-2/h7,9-13,16-17,25,34H,2,6,8,14-15H2,1,3-5H3. The SMILES string of the molecule is C=CCOC(=O)c1sc(N2C(=O)C(=O)C(=C(O)c3cccc(OCCC)c3)C2c2ccc(OCC)c(OC)c2)nc1C. The average Bonchev–Trinajstić information content (AvgIpc) is 3.51. The Morgan fingerprint density at radius 3 is 2.62 bits per heavy atom.